The van der Waals surface area contributed by atoms with E-state index in [1.807, 2.05) is 24.3 Å². The van der Waals surface area contributed by atoms with Gasteiger partial charge in [0.1, 0.15) is 5.76 Å². The highest BCUT2D eigenvalue weighted by Crippen LogP contribution is 2.29. The lowest BCUT2D eigenvalue weighted by molar-refractivity contribution is 0.475. The Bertz CT molecular complexity index is 464. The molecule has 0 fully saturated rings. The summed E-state index contributed by atoms with van der Waals surface area (Å²) in [4.78, 5) is 0. The zero-order chi connectivity index (χ0) is 10.8. The molecule has 1 heterocycles. The first kappa shape index (κ1) is 10.5. The Morgan fingerprint density at radius 2 is 2.27 bits per heavy atom. The van der Waals surface area contributed by atoms with Crippen LogP contribution in [0.15, 0.2) is 28.7 Å². The van der Waals surface area contributed by atoms with Crippen LogP contribution >= 0.6 is 11.6 Å². The second-order valence-corrected chi connectivity index (χ2v) is 4.11. The normalized spacial score (nSPS) is 13.3. The van der Waals surface area contributed by atoms with Gasteiger partial charge >= 0.3 is 0 Å². The largest absolute Gasteiger partial charge is 0.458 e. The van der Waals surface area contributed by atoms with Crippen LogP contribution in [0.2, 0.25) is 5.02 Å². The van der Waals surface area contributed by atoms with E-state index in [2.05, 4.69) is 6.92 Å². The lowest BCUT2D eigenvalue weighted by Crippen LogP contribution is -2.08. The van der Waals surface area contributed by atoms with Gasteiger partial charge in [0.25, 0.3) is 0 Å². The highest BCUT2D eigenvalue weighted by molar-refractivity contribution is 6.34. The van der Waals surface area contributed by atoms with E-state index < -0.39 is 0 Å². The number of hydrogen-bond donors (Lipinski definition) is 1. The minimum atomic E-state index is -0.0292. The quantitative estimate of drug-likeness (QED) is 0.858. The summed E-state index contributed by atoms with van der Waals surface area (Å²) in [6.07, 6.45) is 1.98. The average Bonchev–Trinajstić information content (AvgIpc) is 2.63. The van der Waals surface area contributed by atoms with Crippen molar-refractivity contribution in [2.75, 3.05) is 0 Å². The van der Waals surface area contributed by atoms with Crippen molar-refractivity contribution in [2.45, 2.75) is 25.8 Å². The minimum absolute atomic E-state index is 0.0292. The minimum Gasteiger partial charge on any atom is -0.458 e. The molecule has 0 radical (unpaired) electrons. The number of para-hydroxylation sites is 1. The number of fused-ring (bicyclic) bond motifs is 1. The molecule has 2 rings (SSSR count). The first-order chi connectivity index (χ1) is 7.22. The SMILES string of the molecule is CCCC(N)c1cc2cccc(Cl)c2o1. The zero-order valence-corrected chi connectivity index (χ0v) is 9.42. The van der Waals surface area contributed by atoms with Gasteiger partial charge < -0.3 is 10.2 Å². The molecule has 0 aliphatic heterocycles. The van der Waals surface area contributed by atoms with Crippen LogP contribution in [0.5, 0.6) is 0 Å². The molecule has 15 heavy (non-hydrogen) atoms. The third kappa shape index (κ3) is 2.01. The molecule has 0 saturated heterocycles. The van der Waals surface area contributed by atoms with Crippen LogP contribution in [-0.4, -0.2) is 0 Å². The van der Waals surface area contributed by atoms with Crippen molar-refractivity contribution in [3.63, 3.8) is 0 Å². The highest BCUT2D eigenvalue weighted by Gasteiger charge is 2.12. The third-order valence-electron chi connectivity index (χ3n) is 2.48. The van der Waals surface area contributed by atoms with Crippen LogP contribution in [0, 0.1) is 0 Å². The van der Waals surface area contributed by atoms with Gasteiger partial charge in [-0.25, -0.2) is 0 Å². The first-order valence-electron chi connectivity index (χ1n) is 5.16. The summed E-state index contributed by atoms with van der Waals surface area (Å²) in [6, 6.07) is 7.66. The maximum absolute atomic E-state index is 6.02. The summed E-state index contributed by atoms with van der Waals surface area (Å²) in [5.41, 5.74) is 6.72. The first-order valence-corrected chi connectivity index (χ1v) is 5.53. The number of halogens is 1. The number of hydrogen-bond acceptors (Lipinski definition) is 2. The molecule has 2 aromatic rings. The molecule has 0 saturated carbocycles. The molecule has 2 N–H and O–H groups in total. The molecule has 0 aliphatic carbocycles. The van der Waals surface area contributed by atoms with E-state index >= 15 is 0 Å². The molecule has 0 bridgehead atoms. The van der Waals surface area contributed by atoms with E-state index in [1.165, 1.54) is 0 Å². The molecule has 3 heteroatoms. The van der Waals surface area contributed by atoms with E-state index in [0.717, 1.165) is 29.6 Å². The molecule has 0 amide bonds. The smallest absolute Gasteiger partial charge is 0.152 e. The van der Waals surface area contributed by atoms with E-state index in [4.69, 9.17) is 21.8 Å². The molecular formula is C12H14ClNO. The standard InChI is InChI=1S/C12H14ClNO/c1-2-4-10(14)11-7-8-5-3-6-9(13)12(8)15-11/h3,5-7,10H,2,4,14H2,1H3. The van der Waals surface area contributed by atoms with Gasteiger partial charge in [-0.1, -0.05) is 37.1 Å². The van der Waals surface area contributed by atoms with Crippen molar-refractivity contribution in [3.8, 4) is 0 Å². The molecule has 1 aromatic heterocycles. The third-order valence-corrected chi connectivity index (χ3v) is 2.78. The lowest BCUT2D eigenvalue weighted by Gasteiger charge is -2.04. The number of nitrogens with two attached hydrogens (primary N) is 1. The summed E-state index contributed by atoms with van der Waals surface area (Å²) in [7, 11) is 0. The van der Waals surface area contributed by atoms with Crippen LogP contribution in [-0.2, 0) is 0 Å². The van der Waals surface area contributed by atoms with Gasteiger partial charge in [-0.05, 0) is 18.6 Å². The Balaban J connectivity index is 2.43. The Kier molecular flexibility index (Phi) is 2.98. The fraction of sp³-hybridized carbons (Fsp3) is 0.333. The van der Waals surface area contributed by atoms with Gasteiger partial charge in [0.2, 0.25) is 0 Å². The number of benzene rings is 1. The summed E-state index contributed by atoms with van der Waals surface area (Å²) in [5, 5.41) is 1.66. The second-order valence-electron chi connectivity index (χ2n) is 3.70. The maximum Gasteiger partial charge on any atom is 0.152 e. The van der Waals surface area contributed by atoms with E-state index in [0.29, 0.717) is 5.02 Å². The fourth-order valence-corrected chi connectivity index (χ4v) is 1.90. The van der Waals surface area contributed by atoms with Crippen LogP contribution < -0.4 is 5.73 Å². The van der Waals surface area contributed by atoms with Gasteiger partial charge in [-0.15, -0.1) is 0 Å². The number of rotatable bonds is 3. The van der Waals surface area contributed by atoms with Gasteiger partial charge in [-0.3, -0.25) is 0 Å². The van der Waals surface area contributed by atoms with Gasteiger partial charge in [0.05, 0.1) is 11.1 Å². The lowest BCUT2D eigenvalue weighted by atomic mass is 10.1. The van der Waals surface area contributed by atoms with Crippen LogP contribution in [0.3, 0.4) is 0 Å². The van der Waals surface area contributed by atoms with Crippen molar-refractivity contribution in [1.29, 1.82) is 0 Å². The molecule has 1 unspecified atom stereocenters. The Labute approximate surface area is 94.0 Å². The predicted molar refractivity (Wildman–Crippen MR) is 63.1 cm³/mol. The monoisotopic (exact) mass is 223 g/mol. The molecule has 0 spiro atoms. The Morgan fingerprint density at radius 1 is 1.47 bits per heavy atom. The molecule has 0 aliphatic rings. The van der Waals surface area contributed by atoms with Gasteiger partial charge in [-0.2, -0.15) is 0 Å². The number of furan rings is 1. The molecule has 2 nitrogen and oxygen atoms in total. The average molecular weight is 224 g/mol. The molecular weight excluding hydrogens is 210 g/mol. The second kappa shape index (κ2) is 4.25. The highest BCUT2D eigenvalue weighted by atomic mass is 35.5. The Morgan fingerprint density at radius 3 is 2.93 bits per heavy atom. The van der Waals surface area contributed by atoms with E-state index in [1.54, 1.807) is 0 Å². The summed E-state index contributed by atoms with van der Waals surface area (Å²) in [6.45, 7) is 2.11. The molecule has 1 aromatic carbocycles. The summed E-state index contributed by atoms with van der Waals surface area (Å²) >= 11 is 6.02. The zero-order valence-electron chi connectivity index (χ0n) is 8.66. The van der Waals surface area contributed by atoms with Crippen LogP contribution in [0.4, 0.5) is 0 Å². The molecule has 1 atom stereocenters. The summed E-state index contributed by atoms with van der Waals surface area (Å²) in [5.74, 6) is 0.819. The van der Waals surface area contributed by atoms with Crippen molar-refractivity contribution in [2.24, 2.45) is 5.73 Å². The summed E-state index contributed by atoms with van der Waals surface area (Å²) < 4.78 is 5.66. The van der Waals surface area contributed by atoms with Crippen molar-refractivity contribution < 1.29 is 4.42 Å². The van der Waals surface area contributed by atoms with E-state index in [9.17, 15) is 0 Å². The maximum atomic E-state index is 6.02. The van der Waals surface area contributed by atoms with Gasteiger partial charge in [0, 0.05) is 5.39 Å². The Hall–Kier alpha value is -0.990. The topological polar surface area (TPSA) is 39.2 Å². The van der Waals surface area contributed by atoms with Crippen molar-refractivity contribution >= 4 is 22.6 Å². The predicted octanol–water partition coefficient (Wildman–Crippen LogP) is 3.89. The molecule has 80 valence electrons. The fourth-order valence-electron chi connectivity index (χ4n) is 1.68. The van der Waals surface area contributed by atoms with Crippen LogP contribution in [0.1, 0.15) is 31.6 Å². The van der Waals surface area contributed by atoms with E-state index in [-0.39, 0.29) is 6.04 Å². The van der Waals surface area contributed by atoms with Crippen molar-refractivity contribution in [1.82, 2.24) is 0 Å². The van der Waals surface area contributed by atoms with Crippen molar-refractivity contribution in [3.05, 3.63) is 35.0 Å². The van der Waals surface area contributed by atoms with Gasteiger partial charge in [0.15, 0.2) is 5.58 Å². The van der Waals surface area contributed by atoms with Crippen LogP contribution in [0.25, 0.3) is 11.0 Å².